The monoisotopic (exact) mass is 346 g/mol. The van der Waals surface area contributed by atoms with Crippen molar-refractivity contribution >= 4 is 27.5 Å². The summed E-state index contributed by atoms with van der Waals surface area (Å²) in [6, 6.07) is 6.03. The quantitative estimate of drug-likeness (QED) is 0.867. The number of rotatable bonds is 3. The van der Waals surface area contributed by atoms with Crippen molar-refractivity contribution in [2.24, 2.45) is 0 Å². The Balaban J connectivity index is 2.38. The van der Waals surface area contributed by atoms with Gasteiger partial charge in [-0.05, 0) is 28.1 Å². The summed E-state index contributed by atoms with van der Waals surface area (Å²) in [6.45, 7) is 0. The SMILES string of the molecule is COc1ccc(C(O)c2ccc(Br)c(Cl)c2F)nn1. The number of hydrogen-bond donors (Lipinski definition) is 1. The van der Waals surface area contributed by atoms with Gasteiger partial charge < -0.3 is 9.84 Å². The first-order valence-electron chi connectivity index (χ1n) is 5.23. The molecule has 1 heterocycles. The third-order valence-corrected chi connectivity index (χ3v) is 3.77. The number of hydrogen-bond acceptors (Lipinski definition) is 4. The molecule has 1 aromatic heterocycles. The number of halogens is 3. The van der Waals surface area contributed by atoms with Gasteiger partial charge in [-0.1, -0.05) is 17.7 Å². The van der Waals surface area contributed by atoms with Gasteiger partial charge in [0, 0.05) is 16.1 Å². The van der Waals surface area contributed by atoms with Crippen molar-refractivity contribution in [3.05, 3.63) is 50.8 Å². The number of aromatic nitrogens is 2. The summed E-state index contributed by atoms with van der Waals surface area (Å²) in [5.74, 6) is -0.383. The van der Waals surface area contributed by atoms with Crippen molar-refractivity contribution in [3.63, 3.8) is 0 Å². The minimum absolute atomic E-state index is 0.0349. The summed E-state index contributed by atoms with van der Waals surface area (Å²) in [5.41, 5.74) is 0.241. The Morgan fingerprint density at radius 2 is 2.05 bits per heavy atom. The molecule has 0 aliphatic carbocycles. The maximum Gasteiger partial charge on any atom is 0.233 e. The lowest BCUT2D eigenvalue weighted by molar-refractivity contribution is 0.208. The van der Waals surface area contributed by atoms with Gasteiger partial charge in [0.25, 0.3) is 0 Å². The minimum atomic E-state index is -1.25. The van der Waals surface area contributed by atoms with E-state index in [1.807, 2.05) is 0 Å². The number of benzene rings is 1. The topological polar surface area (TPSA) is 55.2 Å². The van der Waals surface area contributed by atoms with Crippen molar-refractivity contribution in [3.8, 4) is 5.88 Å². The number of aliphatic hydroxyl groups excluding tert-OH is 1. The lowest BCUT2D eigenvalue weighted by Crippen LogP contribution is -2.06. The van der Waals surface area contributed by atoms with E-state index >= 15 is 0 Å². The summed E-state index contributed by atoms with van der Waals surface area (Å²) in [5, 5.41) is 17.5. The number of aliphatic hydroxyl groups is 1. The van der Waals surface area contributed by atoms with Crippen LogP contribution in [0.5, 0.6) is 5.88 Å². The summed E-state index contributed by atoms with van der Waals surface area (Å²) in [4.78, 5) is 0. The van der Waals surface area contributed by atoms with Crippen molar-refractivity contribution in [1.29, 1.82) is 0 Å². The zero-order valence-electron chi connectivity index (χ0n) is 9.77. The molecule has 0 saturated carbocycles. The van der Waals surface area contributed by atoms with E-state index in [0.717, 1.165) is 0 Å². The van der Waals surface area contributed by atoms with E-state index in [9.17, 15) is 9.50 Å². The molecule has 100 valence electrons. The average Bonchev–Trinajstić information content (AvgIpc) is 2.44. The minimum Gasteiger partial charge on any atom is -0.480 e. The second-order valence-electron chi connectivity index (χ2n) is 3.67. The van der Waals surface area contributed by atoms with Crippen LogP contribution in [-0.2, 0) is 0 Å². The maximum absolute atomic E-state index is 13.9. The number of nitrogens with zero attached hydrogens (tertiary/aromatic N) is 2. The second-order valence-corrected chi connectivity index (χ2v) is 4.90. The molecule has 0 fully saturated rings. The van der Waals surface area contributed by atoms with Crippen LogP contribution in [0.4, 0.5) is 4.39 Å². The molecule has 0 spiro atoms. The van der Waals surface area contributed by atoms with Crippen LogP contribution in [0.15, 0.2) is 28.7 Å². The van der Waals surface area contributed by atoms with E-state index in [0.29, 0.717) is 10.4 Å². The third kappa shape index (κ3) is 2.86. The molecule has 0 amide bonds. The molecule has 4 nitrogen and oxygen atoms in total. The highest BCUT2D eigenvalue weighted by Crippen LogP contribution is 2.32. The molecule has 0 saturated heterocycles. The molecule has 19 heavy (non-hydrogen) atoms. The highest BCUT2D eigenvalue weighted by molar-refractivity contribution is 9.10. The zero-order valence-corrected chi connectivity index (χ0v) is 12.1. The fourth-order valence-corrected chi connectivity index (χ4v) is 1.97. The Hall–Kier alpha value is -1.24. The molecule has 0 radical (unpaired) electrons. The fraction of sp³-hybridized carbons (Fsp3) is 0.167. The maximum atomic E-state index is 13.9. The second kappa shape index (κ2) is 5.81. The summed E-state index contributed by atoms with van der Waals surface area (Å²) >= 11 is 8.88. The van der Waals surface area contributed by atoms with Crippen LogP contribution >= 0.6 is 27.5 Å². The van der Waals surface area contributed by atoms with Crippen molar-refractivity contribution in [1.82, 2.24) is 10.2 Å². The standard InChI is InChI=1S/C12H9BrClFN2O2/c1-19-9-5-4-8(16-17-9)12(18)6-2-3-7(13)10(14)11(6)15/h2-5,12,18H,1H3. The lowest BCUT2D eigenvalue weighted by atomic mass is 10.1. The van der Waals surface area contributed by atoms with Crippen LogP contribution in [0.25, 0.3) is 0 Å². The number of ether oxygens (including phenoxy) is 1. The Morgan fingerprint density at radius 3 is 2.63 bits per heavy atom. The number of methoxy groups -OCH3 is 1. The van der Waals surface area contributed by atoms with Crippen LogP contribution in [-0.4, -0.2) is 22.4 Å². The van der Waals surface area contributed by atoms with Gasteiger partial charge in [0.15, 0.2) is 0 Å². The molecular weight excluding hydrogens is 338 g/mol. The van der Waals surface area contributed by atoms with Crippen molar-refractivity contribution in [2.45, 2.75) is 6.10 Å². The van der Waals surface area contributed by atoms with Gasteiger partial charge in [-0.3, -0.25) is 0 Å². The molecule has 0 aliphatic heterocycles. The Labute approximate surface area is 122 Å². The van der Waals surface area contributed by atoms with Crippen LogP contribution in [0, 0.1) is 5.82 Å². The van der Waals surface area contributed by atoms with Gasteiger partial charge in [-0.2, -0.15) is 0 Å². The smallest absolute Gasteiger partial charge is 0.233 e. The lowest BCUT2D eigenvalue weighted by Gasteiger charge is -2.12. The Morgan fingerprint density at radius 1 is 1.32 bits per heavy atom. The van der Waals surface area contributed by atoms with Gasteiger partial charge in [-0.15, -0.1) is 10.2 Å². The predicted octanol–water partition coefficient (Wildman–Crippen LogP) is 3.12. The third-order valence-electron chi connectivity index (χ3n) is 2.51. The van der Waals surface area contributed by atoms with Crippen molar-refractivity contribution in [2.75, 3.05) is 7.11 Å². The molecule has 2 rings (SSSR count). The van der Waals surface area contributed by atoms with Crippen LogP contribution in [0.1, 0.15) is 17.4 Å². The first-order chi connectivity index (χ1) is 9.04. The van der Waals surface area contributed by atoms with Gasteiger partial charge in [0.2, 0.25) is 5.88 Å². The van der Waals surface area contributed by atoms with E-state index in [1.165, 1.54) is 25.3 Å². The predicted molar refractivity (Wildman–Crippen MR) is 71.8 cm³/mol. The molecular formula is C12H9BrClFN2O2. The van der Waals surface area contributed by atoms with Crippen molar-refractivity contribution < 1.29 is 14.2 Å². The molecule has 1 atom stereocenters. The van der Waals surface area contributed by atoms with Gasteiger partial charge in [-0.25, -0.2) is 4.39 Å². The molecule has 0 bridgehead atoms. The van der Waals surface area contributed by atoms with Crippen LogP contribution < -0.4 is 4.74 Å². The average molecular weight is 348 g/mol. The summed E-state index contributed by atoms with van der Waals surface area (Å²) < 4.78 is 19.2. The van der Waals surface area contributed by atoms with Crippen LogP contribution in [0.2, 0.25) is 5.02 Å². The highest BCUT2D eigenvalue weighted by atomic mass is 79.9. The molecule has 7 heteroatoms. The van der Waals surface area contributed by atoms with E-state index in [2.05, 4.69) is 26.1 Å². The fourth-order valence-electron chi connectivity index (χ4n) is 1.50. The van der Waals surface area contributed by atoms with Gasteiger partial charge in [0.1, 0.15) is 11.9 Å². The highest BCUT2D eigenvalue weighted by Gasteiger charge is 2.20. The van der Waals surface area contributed by atoms with Gasteiger partial charge in [0.05, 0.1) is 17.8 Å². The molecule has 2 aromatic rings. The Kier molecular flexibility index (Phi) is 4.34. The molecule has 1 unspecified atom stereocenters. The first kappa shape index (κ1) is 14.2. The van der Waals surface area contributed by atoms with E-state index in [-0.39, 0.29) is 16.3 Å². The molecule has 1 N–H and O–H groups in total. The first-order valence-corrected chi connectivity index (χ1v) is 6.40. The van der Waals surface area contributed by atoms with Crippen LogP contribution in [0.3, 0.4) is 0 Å². The normalized spacial score (nSPS) is 12.3. The van der Waals surface area contributed by atoms with E-state index in [1.54, 1.807) is 6.07 Å². The molecule has 1 aromatic carbocycles. The summed E-state index contributed by atoms with van der Waals surface area (Å²) in [7, 11) is 1.45. The zero-order chi connectivity index (χ0) is 14.0. The molecule has 0 aliphatic rings. The summed E-state index contributed by atoms with van der Waals surface area (Å²) in [6.07, 6.45) is -1.25. The largest absolute Gasteiger partial charge is 0.480 e. The van der Waals surface area contributed by atoms with E-state index in [4.69, 9.17) is 16.3 Å². The Bertz CT molecular complexity index is 595. The van der Waals surface area contributed by atoms with E-state index < -0.39 is 11.9 Å². The van der Waals surface area contributed by atoms with Gasteiger partial charge >= 0.3 is 0 Å².